The minimum Gasteiger partial charge on any atom is -0.495 e. The maximum atomic E-state index is 12.9. The standard InChI is InChI=1S/C13H19BrN2O3S.ClH/c1-9-10(2)16(7-6-15-9)20(17,18)13-8-11(14)4-5-12(13)19-3;/h4-5,8-10,15H,6-7H2,1-3H3;1H. The van der Waals surface area contributed by atoms with Crippen molar-refractivity contribution < 1.29 is 13.2 Å². The molecule has 0 bridgehead atoms. The van der Waals surface area contributed by atoms with Crippen molar-refractivity contribution in [2.45, 2.75) is 30.8 Å². The number of rotatable bonds is 3. The third-order valence-corrected chi connectivity index (χ3v) is 6.19. The summed E-state index contributed by atoms with van der Waals surface area (Å²) in [4.78, 5) is 0.204. The molecule has 5 nitrogen and oxygen atoms in total. The number of hydrogen-bond donors (Lipinski definition) is 1. The van der Waals surface area contributed by atoms with Crippen LogP contribution in [0.5, 0.6) is 5.75 Å². The van der Waals surface area contributed by atoms with Crippen LogP contribution in [0.2, 0.25) is 0 Å². The lowest BCUT2D eigenvalue weighted by atomic mass is 10.1. The lowest BCUT2D eigenvalue weighted by molar-refractivity contribution is 0.232. The van der Waals surface area contributed by atoms with Crippen LogP contribution in [0.1, 0.15) is 13.8 Å². The zero-order valence-corrected chi connectivity index (χ0v) is 15.4. The van der Waals surface area contributed by atoms with Crippen LogP contribution >= 0.6 is 28.3 Å². The van der Waals surface area contributed by atoms with Crippen molar-refractivity contribution in [3.63, 3.8) is 0 Å². The van der Waals surface area contributed by atoms with E-state index in [4.69, 9.17) is 4.74 Å². The van der Waals surface area contributed by atoms with Crippen molar-refractivity contribution in [3.8, 4) is 5.75 Å². The third kappa shape index (κ3) is 3.71. The molecule has 2 unspecified atom stereocenters. The van der Waals surface area contributed by atoms with E-state index in [1.54, 1.807) is 22.5 Å². The molecular formula is C13H20BrClN2O3S. The summed E-state index contributed by atoms with van der Waals surface area (Å²) >= 11 is 3.32. The van der Waals surface area contributed by atoms with E-state index in [1.807, 2.05) is 13.8 Å². The number of methoxy groups -OCH3 is 1. The number of ether oxygens (including phenoxy) is 1. The molecule has 2 rings (SSSR count). The summed E-state index contributed by atoms with van der Waals surface area (Å²) in [7, 11) is -2.09. The largest absolute Gasteiger partial charge is 0.495 e. The van der Waals surface area contributed by atoms with Gasteiger partial charge in [-0.3, -0.25) is 0 Å². The monoisotopic (exact) mass is 398 g/mol. The van der Waals surface area contributed by atoms with Gasteiger partial charge < -0.3 is 10.1 Å². The van der Waals surface area contributed by atoms with Gasteiger partial charge in [-0.2, -0.15) is 4.31 Å². The Kier molecular flexibility index (Phi) is 6.49. The van der Waals surface area contributed by atoms with E-state index in [-0.39, 0.29) is 29.4 Å². The summed E-state index contributed by atoms with van der Waals surface area (Å²) in [6, 6.07) is 5.04. The van der Waals surface area contributed by atoms with E-state index < -0.39 is 10.0 Å². The lowest BCUT2D eigenvalue weighted by Gasteiger charge is -2.37. The number of sulfonamides is 1. The first-order chi connectivity index (χ1) is 9.37. The van der Waals surface area contributed by atoms with Gasteiger partial charge in [0.25, 0.3) is 0 Å². The van der Waals surface area contributed by atoms with Crippen LogP contribution in [0, 0.1) is 0 Å². The van der Waals surface area contributed by atoms with Gasteiger partial charge in [0.1, 0.15) is 10.6 Å². The Bertz CT molecular complexity index is 597. The quantitative estimate of drug-likeness (QED) is 0.847. The summed E-state index contributed by atoms with van der Waals surface area (Å²) in [5, 5.41) is 3.28. The van der Waals surface area contributed by atoms with Gasteiger partial charge in [-0.1, -0.05) is 15.9 Å². The Morgan fingerprint density at radius 3 is 2.67 bits per heavy atom. The number of nitrogens with zero attached hydrogens (tertiary/aromatic N) is 1. The highest BCUT2D eigenvalue weighted by molar-refractivity contribution is 9.10. The lowest BCUT2D eigenvalue weighted by Crippen LogP contribution is -2.57. The van der Waals surface area contributed by atoms with E-state index in [2.05, 4.69) is 21.2 Å². The molecule has 0 radical (unpaired) electrons. The molecule has 21 heavy (non-hydrogen) atoms. The molecule has 1 aromatic rings. The Morgan fingerprint density at radius 1 is 1.38 bits per heavy atom. The third-order valence-electron chi connectivity index (χ3n) is 3.69. The molecule has 1 aliphatic heterocycles. The van der Waals surface area contributed by atoms with Crippen LogP contribution in [-0.2, 0) is 10.0 Å². The number of nitrogens with one attached hydrogen (secondary N) is 1. The van der Waals surface area contributed by atoms with Gasteiger partial charge in [0.15, 0.2) is 0 Å². The minimum atomic E-state index is -3.57. The first kappa shape index (κ1) is 18.7. The van der Waals surface area contributed by atoms with Crippen LogP contribution in [-0.4, -0.2) is 45.0 Å². The van der Waals surface area contributed by atoms with Crippen molar-refractivity contribution in [1.29, 1.82) is 0 Å². The summed E-state index contributed by atoms with van der Waals surface area (Å²) < 4.78 is 33.2. The fraction of sp³-hybridized carbons (Fsp3) is 0.538. The molecule has 1 N–H and O–H groups in total. The highest BCUT2D eigenvalue weighted by atomic mass is 79.9. The topological polar surface area (TPSA) is 58.6 Å². The van der Waals surface area contributed by atoms with E-state index in [0.717, 1.165) is 0 Å². The van der Waals surface area contributed by atoms with Gasteiger partial charge in [0.05, 0.1) is 7.11 Å². The Balaban J connectivity index is 0.00000220. The average Bonchev–Trinajstić information content (AvgIpc) is 2.41. The fourth-order valence-corrected chi connectivity index (χ4v) is 4.74. The van der Waals surface area contributed by atoms with Gasteiger partial charge in [0.2, 0.25) is 10.0 Å². The van der Waals surface area contributed by atoms with Gasteiger partial charge >= 0.3 is 0 Å². The highest BCUT2D eigenvalue weighted by Crippen LogP contribution is 2.31. The molecule has 0 amide bonds. The van der Waals surface area contributed by atoms with Crippen LogP contribution < -0.4 is 10.1 Å². The number of benzene rings is 1. The van der Waals surface area contributed by atoms with Crippen molar-refractivity contribution >= 4 is 38.4 Å². The van der Waals surface area contributed by atoms with Crippen molar-refractivity contribution in [2.24, 2.45) is 0 Å². The first-order valence-corrected chi connectivity index (χ1v) is 8.70. The average molecular weight is 400 g/mol. The molecule has 1 heterocycles. The summed E-state index contributed by atoms with van der Waals surface area (Å²) in [6.45, 7) is 5.02. The molecule has 1 aromatic carbocycles. The molecule has 120 valence electrons. The molecule has 2 atom stereocenters. The van der Waals surface area contributed by atoms with E-state index in [1.165, 1.54) is 7.11 Å². The molecule has 1 aliphatic rings. The second-order valence-corrected chi connectivity index (χ2v) is 7.67. The maximum Gasteiger partial charge on any atom is 0.247 e. The summed E-state index contributed by atoms with van der Waals surface area (Å²) in [5.41, 5.74) is 0. The zero-order valence-electron chi connectivity index (χ0n) is 12.2. The molecular weight excluding hydrogens is 380 g/mol. The van der Waals surface area contributed by atoms with Gasteiger partial charge in [-0.25, -0.2) is 8.42 Å². The molecule has 1 fully saturated rings. The van der Waals surface area contributed by atoms with Crippen LogP contribution in [0.4, 0.5) is 0 Å². The Hall–Kier alpha value is -0.340. The molecule has 1 saturated heterocycles. The van der Waals surface area contributed by atoms with Gasteiger partial charge in [-0.15, -0.1) is 12.4 Å². The zero-order chi connectivity index (χ0) is 14.9. The van der Waals surface area contributed by atoms with Gasteiger partial charge in [-0.05, 0) is 32.0 Å². The van der Waals surface area contributed by atoms with Crippen LogP contribution in [0.3, 0.4) is 0 Å². The predicted octanol–water partition coefficient (Wildman–Crippen LogP) is 2.25. The van der Waals surface area contributed by atoms with E-state index in [0.29, 0.717) is 23.3 Å². The smallest absolute Gasteiger partial charge is 0.247 e. The van der Waals surface area contributed by atoms with Crippen LogP contribution in [0.15, 0.2) is 27.6 Å². The molecule has 0 aliphatic carbocycles. The van der Waals surface area contributed by atoms with Crippen LogP contribution in [0.25, 0.3) is 0 Å². The maximum absolute atomic E-state index is 12.9. The Labute approximate surface area is 140 Å². The molecule has 0 aromatic heterocycles. The van der Waals surface area contributed by atoms with Crippen molar-refractivity contribution in [2.75, 3.05) is 20.2 Å². The minimum absolute atomic E-state index is 0. The van der Waals surface area contributed by atoms with Crippen molar-refractivity contribution in [1.82, 2.24) is 9.62 Å². The van der Waals surface area contributed by atoms with Gasteiger partial charge in [0, 0.05) is 29.6 Å². The number of halogens is 2. The second kappa shape index (κ2) is 7.28. The number of hydrogen-bond acceptors (Lipinski definition) is 4. The SMILES string of the molecule is COc1ccc(Br)cc1S(=O)(=O)N1CCNC(C)C1C.Cl. The highest BCUT2D eigenvalue weighted by Gasteiger charge is 2.36. The normalized spacial score (nSPS) is 23.4. The number of piperazine rings is 1. The fourth-order valence-electron chi connectivity index (χ4n) is 2.34. The molecule has 8 heteroatoms. The summed E-state index contributed by atoms with van der Waals surface area (Å²) in [5.74, 6) is 0.367. The van der Waals surface area contributed by atoms with E-state index >= 15 is 0 Å². The predicted molar refractivity (Wildman–Crippen MR) is 88.8 cm³/mol. The first-order valence-electron chi connectivity index (χ1n) is 6.46. The van der Waals surface area contributed by atoms with Crippen molar-refractivity contribution in [3.05, 3.63) is 22.7 Å². The Morgan fingerprint density at radius 2 is 2.05 bits per heavy atom. The second-order valence-electron chi connectivity index (χ2n) is 4.89. The molecule has 0 spiro atoms. The summed E-state index contributed by atoms with van der Waals surface area (Å²) in [6.07, 6.45) is 0. The molecule has 0 saturated carbocycles. The van der Waals surface area contributed by atoms with E-state index in [9.17, 15) is 8.42 Å².